The molecule has 0 bridgehead atoms. The first-order chi connectivity index (χ1) is 16.2. The van der Waals surface area contributed by atoms with Gasteiger partial charge in [-0.25, -0.2) is 0 Å². The first-order valence-corrected chi connectivity index (χ1v) is 13.1. The molecule has 3 rings (SSSR count). The maximum Gasteiger partial charge on any atom is 0.314 e. The summed E-state index contributed by atoms with van der Waals surface area (Å²) in [7, 11) is 0. The minimum atomic E-state index is -0.0575. The minimum absolute atomic E-state index is 0.0575. The van der Waals surface area contributed by atoms with E-state index in [9.17, 15) is 4.79 Å². The molecule has 0 aliphatic heterocycles. The predicted molar refractivity (Wildman–Crippen MR) is 134 cm³/mol. The Balaban J connectivity index is 1.38. The Morgan fingerprint density at radius 3 is 2.27 bits per heavy atom. The first kappa shape index (κ1) is 25.3. The molecule has 1 heterocycles. The normalized spacial score (nSPS) is 18.1. The average molecular weight is 452 g/mol. The zero-order valence-electron chi connectivity index (χ0n) is 20.6. The van der Waals surface area contributed by atoms with E-state index in [1.54, 1.807) is 0 Å². The van der Waals surface area contributed by atoms with Crippen LogP contribution in [0.3, 0.4) is 0 Å². The number of benzene rings is 1. The number of unbranched alkanes of at least 4 members (excludes halogenated alkanes) is 3. The molecule has 2 aromatic rings. The monoisotopic (exact) mass is 451 g/mol. The number of carbonyl (C=O) groups is 1. The van der Waals surface area contributed by atoms with E-state index >= 15 is 0 Å². The predicted octanol–water partition coefficient (Wildman–Crippen LogP) is 7.34. The molecule has 1 aromatic carbocycles. The summed E-state index contributed by atoms with van der Waals surface area (Å²) in [5, 5.41) is 0. The van der Waals surface area contributed by atoms with Crippen molar-refractivity contribution in [2.75, 3.05) is 6.61 Å². The van der Waals surface area contributed by atoms with Crippen molar-refractivity contribution in [2.24, 2.45) is 11.8 Å². The van der Waals surface area contributed by atoms with Crippen LogP contribution in [0.1, 0.15) is 89.3 Å². The van der Waals surface area contributed by atoms with Gasteiger partial charge in [0.25, 0.3) is 0 Å². The van der Waals surface area contributed by atoms with Crippen molar-refractivity contribution in [2.45, 2.75) is 90.9 Å². The van der Waals surface area contributed by atoms with Crippen LogP contribution in [0, 0.1) is 11.8 Å². The van der Waals surface area contributed by atoms with E-state index in [4.69, 9.17) is 9.47 Å². The van der Waals surface area contributed by atoms with Gasteiger partial charge in [-0.3, -0.25) is 9.78 Å². The van der Waals surface area contributed by atoms with E-state index in [0.29, 0.717) is 5.75 Å². The molecule has 0 radical (unpaired) electrons. The SMILES string of the molecule is CCCCCOc1ccc(CCc2ccc(OC(=O)C3CCC(CCCC)CC3)cc2)nc1. The van der Waals surface area contributed by atoms with Gasteiger partial charge in [0.2, 0.25) is 0 Å². The molecular weight excluding hydrogens is 410 g/mol. The van der Waals surface area contributed by atoms with E-state index in [1.807, 2.05) is 30.5 Å². The maximum absolute atomic E-state index is 12.6. The molecule has 33 heavy (non-hydrogen) atoms. The van der Waals surface area contributed by atoms with Crippen molar-refractivity contribution in [3.8, 4) is 11.5 Å². The molecule has 4 nitrogen and oxygen atoms in total. The Kier molecular flexibility index (Phi) is 10.7. The average Bonchev–Trinajstić information content (AvgIpc) is 2.86. The molecule has 1 aliphatic carbocycles. The zero-order chi connectivity index (χ0) is 23.3. The molecule has 1 aliphatic rings. The Bertz CT molecular complexity index is 808. The highest BCUT2D eigenvalue weighted by molar-refractivity contribution is 5.75. The highest BCUT2D eigenvalue weighted by atomic mass is 16.5. The van der Waals surface area contributed by atoms with E-state index in [-0.39, 0.29) is 11.9 Å². The standard InChI is InChI=1S/C29H41NO3/c1-3-5-7-21-32-28-20-17-26(30-22-28)16-11-24-12-18-27(19-13-24)33-29(31)25-14-9-23(10-15-25)8-6-4-2/h12-13,17-20,22-23,25H,3-11,14-16,21H2,1-2H3. The minimum Gasteiger partial charge on any atom is -0.492 e. The van der Waals surface area contributed by atoms with Gasteiger partial charge in [0.1, 0.15) is 11.5 Å². The second-order valence-corrected chi connectivity index (χ2v) is 9.47. The van der Waals surface area contributed by atoms with Crippen LogP contribution in [0.5, 0.6) is 11.5 Å². The molecule has 0 N–H and O–H groups in total. The Morgan fingerprint density at radius 2 is 1.61 bits per heavy atom. The number of esters is 1. The summed E-state index contributed by atoms with van der Waals surface area (Å²) in [5.74, 6) is 2.30. The largest absolute Gasteiger partial charge is 0.492 e. The van der Waals surface area contributed by atoms with E-state index in [1.165, 1.54) is 50.5 Å². The van der Waals surface area contributed by atoms with Crippen LogP contribution in [0.25, 0.3) is 0 Å². The lowest BCUT2D eigenvalue weighted by molar-refractivity contribution is -0.140. The summed E-state index contributed by atoms with van der Waals surface area (Å²) in [6, 6.07) is 12.0. The second kappa shape index (κ2) is 14.0. The molecule has 1 saturated carbocycles. The van der Waals surface area contributed by atoms with Crippen LogP contribution in [0.4, 0.5) is 0 Å². The number of hydrogen-bond donors (Lipinski definition) is 0. The lowest BCUT2D eigenvalue weighted by atomic mass is 9.80. The molecule has 180 valence electrons. The van der Waals surface area contributed by atoms with Gasteiger partial charge in [-0.15, -0.1) is 0 Å². The van der Waals surface area contributed by atoms with Crippen LogP contribution >= 0.6 is 0 Å². The summed E-state index contributed by atoms with van der Waals surface area (Å²) in [6.45, 7) is 5.19. The van der Waals surface area contributed by atoms with E-state index in [2.05, 4.69) is 31.0 Å². The lowest BCUT2D eigenvalue weighted by Crippen LogP contribution is -2.25. The number of carbonyl (C=O) groups excluding carboxylic acids is 1. The van der Waals surface area contributed by atoms with Gasteiger partial charge >= 0.3 is 5.97 Å². The molecular formula is C29H41NO3. The van der Waals surface area contributed by atoms with E-state index in [0.717, 1.165) is 56.1 Å². The summed E-state index contributed by atoms with van der Waals surface area (Å²) in [4.78, 5) is 17.1. The number of nitrogens with zero attached hydrogens (tertiary/aromatic N) is 1. The van der Waals surface area contributed by atoms with Crippen molar-refractivity contribution >= 4 is 5.97 Å². The topological polar surface area (TPSA) is 48.4 Å². The van der Waals surface area contributed by atoms with Gasteiger partial charge in [0.15, 0.2) is 0 Å². The van der Waals surface area contributed by atoms with Crippen LogP contribution in [-0.4, -0.2) is 17.6 Å². The Labute approximate surface area is 200 Å². The number of rotatable bonds is 13. The molecule has 0 saturated heterocycles. The number of aryl methyl sites for hydroxylation is 2. The third-order valence-electron chi connectivity index (χ3n) is 6.77. The summed E-state index contributed by atoms with van der Waals surface area (Å²) < 4.78 is 11.4. The highest BCUT2D eigenvalue weighted by Gasteiger charge is 2.27. The highest BCUT2D eigenvalue weighted by Crippen LogP contribution is 2.32. The third kappa shape index (κ3) is 8.83. The molecule has 0 amide bonds. The van der Waals surface area contributed by atoms with Crippen molar-refractivity contribution in [1.82, 2.24) is 4.98 Å². The van der Waals surface area contributed by atoms with Crippen LogP contribution in [-0.2, 0) is 17.6 Å². The molecule has 0 atom stereocenters. The number of ether oxygens (including phenoxy) is 2. The van der Waals surface area contributed by atoms with Crippen LogP contribution < -0.4 is 9.47 Å². The van der Waals surface area contributed by atoms with Gasteiger partial charge in [0, 0.05) is 5.69 Å². The van der Waals surface area contributed by atoms with Crippen molar-refractivity contribution in [1.29, 1.82) is 0 Å². The number of hydrogen-bond acceptors (Lipinski definition) is 4. The molecule has 1 fully saturated rings. The summed E-state index contributed by atoms with van der Waals surface area (Å²) in [5.41, 5.74) is 2.27. The molecule has 0 spiro atoms. The molecule has 1 aromatic heterocycles. The van der Waals surface area contributed by atoms with Gasteiger partial charge in [-0.05, 0) is 80.7 Å². The third-order valence-corrected chi connectivity index (χ3v) is 6.77. The fraction of sp³-hybridized carbons (Fsp3) is 0.586. The van der Waals surface area contributed by atoms with E-state index < -0.39 is 0 Å². The maximum atomic E-state index is 12.6. The lowest BCUT2D eigenvalue weighted by Gasteiger charge is -2.27. The summed E-state index contributed by atoms with van der Waals surface area (Å²) >= 11 is 0. The van der Waals surface area contributed by atoms with Gasteiger partial charge in [-0.1, -0.05) is 58.1 Å². The van der Waals surface area contributed by atoms with Gasteiger partial charge < -0.3 is 9.47 Å². The first-order valence-electron chi connectivity index (χ1n) is 13.1. The quantitative estimate of drug-likeness (QED) is 0.182. The fourth-order valence-electron chi connectivity index (χ4n) is 4.56. The number of aromatic nitrogens is 1. The van der Waals surface area contributed by atoms with Gasteiger partial charge in [-0.2, -0.15) is 0 Å². The Hall–Kier alpha value is -2.36. The van der Waals surface area contributed by atoms with Crippen LogP contribution in [0.15, 0.2) is 42.6 Å². The smallest absolute Gasteiger partial charge is 0.314 e. The van der Waals surface area contributed by atoms with Crippen molar-refractivity contribution in [3.63, 3.8) is 0 Å². The number of pyridine rings is 1. The fourth-order valence-corrected chi connectivity index (χ4v) is 4.56. The van der Waals surface area contributed by atoms with Crippen molar-refractivity contribution < 1.29 is 14.3 Å². The summed E-state index contributed by atoms with van der Waals surface area (Å²) in [6.07, 6.45) is 15.2. The molecule has 0 unspecified atom stereocenters. The second-order valence-electron chi connectivity index (χ2n) is 9.47. The Morgan fingerprint density at radius 1 is 0.879 bits per heavy atom. The zero-order valence-corrected chi connectivity index (χ0v) is 20.6. The molecule has 4 heteroatoms. The van der Waals surface area contributed by atoms with Gasteiger partial charge in [0.05, 0.1) is 18.7 Å². The van der Waals surface area contributed by atoms with Crippen LogP contribution in [0.2, 0.25) is 0 Å². The van der Waals surface area contributed by atoms with Crippen molar-refractivity contribution in [3.05, 3.63) is 53.9 Å².